The Hall–Kier alpha value is -0.590. The lowest BCUT2D eigenvalue weighted by Gasteiger charge is -2.25. The summed E-state index contributed by atoms with van der Waals surface area (Å²) in [5.74, 6) is -0.115. The second-order valence-corrected chi connectivity index (χ2v) is 5.99. The lowest BCUT2D eigenvalue weighted by atomic mass is 9.99. The van der Waals surface area contributed by atoms with Gasteiger partial charge in [-0.05, 0) is 48.0 Å². The van der Waals surface area contributed by atoms with Crippen LogP contribution >= 0.6 is 27.7 Å². The molecule has 1 aromatic rings. The molecule has 6 heteroatoms. The highest BCUT2D eigenvalue weighted by atomic mass is 79.9. The molecule has 1 heterocycles. The maximum absolute atomic E-state index is 11.2. The SMILES string of the molecule is CCNC(C)(CCSc1ncccc1Br)C(=O)O. The highest BCUT2D eigenvalue weighted by Gasteiger charge is 2.31. The number of hydrogen-bond acceptors (Lipinski definition) is 4. The van der Waals surface area contributed by atoms with Crippen LogP contribution in [0.1, 0.15) is 20.3 Å². The molecular formula is C12H17BrN2O2S. The minimum atomic E-state index is -0.872. The number of carbonyl (C=O) groups is 1. The summed E-state index contributed by atoms with van der Waals surface area (Å²) in [6, 6.07) is 3.78. The number of carboxylic acid groups (broad SMARTS) is 1. The minimum Gasteiger partial charge on any atom is -0.480 e. The van der Waals surface area contributed by atoms with Gasteiger partial charge in [-0.3, -0.25) is 4.79 Å². The second-order valence-electron chi connectivity index (χ2n) is 4.06. The van der Waals surface area contributed by atoms with E-state index in [1.807, 2.05) is 19.1 Å². The van der Waals surface area contributed by atoms with Gasteiger partial charge < -0.3 is 10.4 Å². The van der Waals surface area contributed by atoms with Crippen molar-refractivity contribution in [3.8, 4) is 0 Å². The van der Waals surface area contributed by atoms with Crippen LogP contribution in [-0.2, 0) is 4.79 Å². The van der Waals surface area contributed by atoms with Crippen LogP contribution in [0.5, 0.6) is 0 Å². The molecule has 2 N–H and O–H groups in total. The number of hydrogen-bond donors (Lipinski definition) is 2. The van der Waals surface area contributed by atoms with E-state index < -0.39 is 11.5 Å². The summed E-state index contributed by atoms with van der Waals surface area (Å²) in [5, 5.41) is 13.1. The summed E-state index contributed by atoms with van der Waals surface area (Å²) >= 11 is 4.98. The summed E-state index contributed by atoms with van der Waals surface area (Å²) < 4.78 is 0.940. The molecule has 0 fully saturated rings. The molecule has 18 heavy (non-hydrogen) atoms. The lowest BCUT2D eigenvalue weighted by molar-refractivity contribution is -0.144. The zero-order valence-corrected chi connectivity index (χ0v) is 12.8. The summed E-state index contributed by atoms with van der Waals surface area (Å²) in [6.45, 7) is 4.26. The Kier molecular flexibility index (Phi) is 6.11. The Morgan fingerprint density at radius 3 is 2.94 bits per heavy atom. The first-order chi connectivity index (χ1) is 8.49. The van der Waals surface area contributed by atoms with Crippen molar-refractivity contribution in [2.24, 2.45) is 0 Å². The zero-order valence-electron chi connectivity index (χ0n) is 10.4. The number of nitrogens with one attached hydrogen (secondary N) is 1. The molecule has 0 bridgehead atoms. The van der Waals surface area contributed by atoms with E-state index in [2.05, 4.69) is 26.2 Å². The predicted octanol–water partition coefficient (Wildman–Crippen LogP) is 2.78. The van der Waals surface area contributed by atoms with Crippen molar-refractivity contribution in [3.63, 3.8) is 0 Å². The standard InChI is InChI=1S/C12H17BrN2O2S/c1-3-15-12(2,11(16)17)6-8-18-10-9(13)5-4-7-14-10/h4-5,7,15H,3,6,8H2,1-2H3,(H,16,17). The number of rotatable bonds is 7. The van der Waals surface area contributed by atoms with E-state index in [1.165, 1.54) is 0 Å². The highest BCUT2D eigenvalue weighted by molar-refractivity contribution is 9.10. The Morgan fingerprint density at radius 1 is 1.67 bits per heavy atom. The molecule has 0 saturated heterocycles. The lowest BCUT2D eigenvalue weighted by Crippen LogP contribution is -2.49. The molecule has 1 atom stereocenters. The third kappa shape index (κ3) is 4.26. The molecule has 0 aromatic carbocycles. The van der Waals surface area contributed by atoms with E-state index in [0.29, 0.717) is 18.7 Å². The molecule has 0 aliphatic rings. The third-order valence-corrected chi connectivity index (χ3v) is 4.51. The average molecular weight is 333 g/mol. The topological polar surface area (TPSA) is 62.2 Å². The van der Waals surface area contributed by atoms with Crippen molar-refractivity contribution >= 4 is 33.7 Å². The van der Waals surface area contributed by atoms with E-state index >= 15 is 0 Å². The maximum Gasteiger partial charge on any atom is 0.323 e. The van der Waals surface area contributed by atoms with Crippen LogP contribution < -0.4 is 5.32 Å². The van der Waals surface area contributed by atoms with Crippen molar-refractivity contribution in [2.75, 3.05) is 12.3 Å². The predicted molar refractivity (Wildman–Crippen MR) is 77.0 cm³/mol. The van der Waals surface area contributed by atoms with E-state index in [4.69, 9.17) is 0 Å². The summed E-state index contributed by atoms with van der Waals surface area (Å²) in [7, 11) is 0. The highest BCUT2D eigenvalue weighted by Crippen LogP contribution is 2.26. The number of halogens is 1. The number of aromatic nitrogens is 1. The van der Waals surface area contributed by atoms with Crippen molar-refractivity contribution < 1.29 is 9.90 Å². The monoisotopic (exact) mass is 332 g/mol. The summed E-state index contributed by atoms with van der Waals surface area (Å²) in [5.41, 5.74) is -0.872. The molecular weight excluding hydrogens is 316 g/mol. The molecule has 0 aliphatic carbocycles. The largest absolute Gasteiger partial charge is 0.480 e. The first kappa shape index (κ1) is 15.5. The Bertz CT molecular complexity index is 417. The molecule has 1 unspecified atom stereocenters. The number of likely N-dealkylation sites (N-methyl/N-ethyl adjacent to an activating group) is 1. The van der Waals surface area contributed by atoms with Gasteiger partial charge in [-0.15, -0.1) is 11.8 Å². The van der Waals surface area contributed by atoms with Gasteiger partial charge >= 0.3 is 5.97 Å². The van der Waals surface area contributed by atoms with E-state index in [9.17, 15) is 9.90 Å². The second kappa shape index (κ2) is 7.11. The molecule has 4 nitrogen and oxygen atoms in total. The number of aliphatic carboxylic acids is 1. The van der Waals surface area contributed by atoms with Crippen LogP contribution in [0.3, 0.4) is 0 Å². The van der Waals surface area contributed by atoms with Gasteiger partial charge in [0.15, 0.2) is 0 Å². The van der Waals surface area contributed by atoms with E-state index in [0.717, 1.165) is 9.50 Å². The van der Waals surface area contributed by atoms with Crippen LogP contribution in [-0.4, -0.2) is 33.9 Å². The van der Waals surface area contributed by atoms with Crippen LogP contribution in [0.15, 0.2) is 27.8 Å². The number of thioether (sulfide) groups is 1. The van der Waals surface area contributed by atoms with Crippen molar-refractivity contribution in [1.29, 1.82) is 0 Å². The van der Waals surface area contributed by atoms with Gasteiger partial charge in [-0.1, -0.05) is 6.92 Å². The van der Waals surface area contributed by atoms with Crippen LogP contribution in [0.2, 0.25) is 0 Å². The fraction of sp³-hybridized carbons (Fsp3) is 0.500. The van der Waals surface area contributed by atoms with Crippen molar-refractivity contribution in [3.05, 3.63) is 22.8 Å². The van der Waals surface area contributed by atoms with Crippen LogP contribution in [0, 0.1) is 0 Å². The summed E-state index contributed by atoms with van der Waals surface area (Å²) in [4.78, 5) is 15.5. The molecule has 1 aromatic heterocycles. The van der Waals surface area contributed by atoms with Crippen molar-refractivity contribution in [1.82, 2.24) is 10.3 Å². The van der Waals surface area contributed by atoms with Gasteiger partial charge in [-0.2, -0.15) is 0 Å². The first-order valence-electron chi connectivity index (χ1n) is 5.71. The van der Waals surface area contributed by atoms with E-state index in [-0.39, 0.29) is 0 Å². The Morgan fingerprint density at radius 2 is 2.39 bits per heavy atom. The number of carboxylic acids is 1. The number of pyridine rings is 1. The number of nitrogens with zero attached hydrogens (tertiary/aromatic N) is 1. The van der Waals surface area contributed by atoms with Gasteiger partial charge in [-0.25, -0.2) is 4.98 Å². The fourth-order valence-corrected chi connectivity index (χ4v) is 3.13. The van der Waals surface area contributed by atoms with Gasteiger partial charge in [0.2, 0.25) is 0 Å². The third-order valence-electron chi connectivity index (χ3n) is 2.60. The van der Waals surface area contributed by atoms with Gasteiger partial charge in [0.25, 0.3) is 0 Å². The molecule has 0 spiro atoms. The fourth-order valence-electron chi connectivity index (χ4n) is 1.49. The molecule has 0 saturated carbocycles. The quantitative estimate of drug-likeness (QED) is 0.752. The van der Waals surface area contributed by atoms with Crippen LogP contribution in [0.25, 0.3) is 0 Å². The molecule has 0 aliphatic heterocycles. The minimum absolute atomic E-state index is 0.545. The smallest absolute Gasteiger partial charge is 0.323 e. The molecule has 1 rings (SSSR count). The average Bonchev–Trinajstić information content (AvgIpc) is 2.32. The van der Waals surface area contributed by atoms with Gasteiger partial charge in [0.1, 0.15) is 10.6 Å². The Labute approximate surface area is 120 Å². The zero-order chi connectivity index (χ0) is 13.6. The van der Waals surface area contributed by atoms with Gasteiger partial charge in [0.05, 0.1) is 0 Å². The Balaban J connectivity index is 2.54. The van der Waals surface area contributed by atoms with E-state index in [1.54, 1.807) is 24.9 Å². The first-order valence-corrected chi connectivity index (χ1v) is 7.49. The maximum atomic E-state index is 11.2. The van der Waals surface area contributed by atoms with Gasteiger partial charge in [0, 0.05) is 16.4 Å². The van der Waals surface area contributed by atoms with Crippen LogP contribution in [0.4, 0.5) is 0 Å². The van der Waals surface area contributed by atoms with Crippen molar-refractivity contribution in [2.45, 2.75) is 30.8 Å². The molecule has 100 valence electrons. The summed E-state index contributed by atoms with van der Waals surface area (Å²) in [6.07, 6.45) is 2.28. The molecule has 0 radical (unpaired) electrons. The molecule has 0 amide bonds. The normalized spacial score (nSPS) is 14.2.